The Morgan fingerprint density at radius 2 is 0.808 bits per heavy atom. The first-order chi connectivity index (χ1) is 25.0. The van der Waals surface area contributed by atoms with E-state index in [9.17, 15) is 23.1 Å². The number of carbonyl (C=O) groups is 2. The zero-order valence-electron chi connectivity index (χ0n) is 34.0. The van der Waals surface area contributed by atoms with Crippen molar-refractivity contribution in [2.24, 2.45) is 5.73 Å². The van der Waals surface area contributed by atoms with E-state index in [1.165, 1.54) is 148 Å². The van der Waals surface area contributed by atoms with Crippen molar-refractivity contribution >= 4 is 22.3 Å². The van der Waals surface area contributed by atoms with E-state index >= 15 is 0 Å². The summed E-state index contributed by atoms with van der Waals surface area (Å²) in [6, 6.07) is 0. The Bertz CT molecular complexity index is 837. The lowest BCUT2D eigenvalue weighted by molar-refractivity contribution is -0.144. The summed E-state index contributed by atoms with van der Waals surface area (Å²) in [6.07, 6.45) is 35.5. The van der Waals surface area contributed by atoms with Gasteiger partial charge >= 0.3 is 22.3 Å². The monoisotopic (exact) mass is 766 g/mol. The maximum atomic E-state index is 12.2. The molecular weight excluding hydrogens is 683 g/mol. The summed E-state index contributed by atoms with van der Waals surface area (Å²) in [4.78, 5) is 24.4. The zero-order chi connectivity index (χ0) is 39.0. The van der Waals surface area contributed by atoms with Crippen molar-refractivity contribution in [2.45, 2.75) is 225 Å². The largest absolute Gasteiger partial charge is 0.466 e. The Hall–Kier alpha value is -1.27. The minimum Gasteiger partial charge on any atom is -0.466 e. The fraction of sp³-hybridized carbons (Fsp3) is 0.951. The van der Waals surface area contributed by atoms with Crippen molar-refractivity contribution in [3.05, 3.63) is 0 Å². The van der Waals surface area contributed by atoms with Crippen molar-refractivity contribution in [3.63, 3.8) is 0 Å². The van der Waals surface area contributed by atoms with Crippen LogP contribution in [0.4, 0.5) is 0 Å². The quantitative estimate of drug-likeness (QED) is 0.0313. The number of esters is 2. The number of aliphatic hydroxyl groups is 1. The molecule has 0 rings (SSSR count). The second-order valence-electron chi connectivity index (χ2n) is 14.6. The molecule has 11 heteroatoms. The minimum absolute atomic E-state index is 0.0289. The summed E-state index contributed by atoms with van der Waals surface area (Å²) in [6.45, 7) is 6.39. The molecule has 0 saturated heterocycles. The first kappa shape index (κ1) is 52.8. The Morgan fingerprint density at radius 1 is 0.519 bits per heavy atom. The molecule has 0 atom stereocenters. The van der Waals surface area contributed by atoms with Gasteiger partial charge in [-0.1, -0.05) is 168 Å². The number of aliphatic hydroxyl groups excluding tert-OH is 1. The van der Waals surface area contributed by atoms with Crippen molar-refractivity contribution in [1.82, 2.24) is 0 Å². The summed E-state index contributed by atoms with van der Waals surface area (Å²) < 4.78 is 41.5. The van der Waals surface area contributed by atoms with Crippen LogP contribution in [-0.2, 0) is 33.6 Å². The normalized spacial score (nSPS) is 11.7. The van der Waals surface area contributed by atoms with Crippen LogP contribution in [0.1, 0.15) is 220 Å². The molecule has 0 amide bonds. The fourth-order valence-corrected chi connectivity index (χ4v) is 6.50. The highest BCUT2D eigenvalue weighted by Gasteiger charge is 2.25. The van der Waals surface area contributed by atoms with Crippen LogP contribution < -0.4 is 5.73 Å². The van der Waals surface area contributed by atoms with Gasteiger partial charge in [0.15, 0.2) is 0 Å². The fourth-order valence-electron chi connectivity index (χ4n) is 6.20. The third-order valence-corrected chi connectivity index (χ3v) is 10.1. The second-order valence-corrected chi connectivity index (χ2v) is 15.7. The maximum absolute atomic E-state index is 12.2. The molecule has 0 aromatic carbocycles. The van der Waals surface area contributed by atoms with Crippen LogP contribution in [0.25, 0.3) is 0 Å². The number of hydrogen-bond donors (Lipinski definition) is 3. The van der Waals surface area contributed by atoms with Gasteiger partial charge in [0.25, 0.3) is 0 Å². The number of carbonyl (C=O) groups excluding carboxylic acids is 2. The number of unbranched alkanes of at least 4 members (excludes halogenated alkanes) is 24. The molecule has 0 aromatic heterocycles. The van der Waals surface area contributed by atoms with Crippen LogP contribution in [0.3, 0.4) is 0 Å². The number of rotatable bonds is 38. The number of nitrogens with two attached hydrogens (primary N) is 1. The van der Waals surface area contributed by atoms with Crippen LogP contribution in [-0.4, -0.2) is 62.0 Å². The molecule has 4 N–H and O–H groups in total. The van der Waals surface area contributed by atoms with Gasteiger partial charge in [0.1, 0.15) is 0 Å². The molecule has 0 fully saturated rings. The summed E-state index contributed by atoms with van der Waals surface area (Å²) in [7, 11) is -4.17. The third-order valence-electron chi connectivity index (χ3n) is 9.57. The van der Waals surface area contributed by atoms with Crippen molar-refractivity contribution in [3.8, 4) is 0 Å². The summed E-state index contributed by atoms with van der Waals surface area (Å²) in [5.74, 6) is -0.345. The van der Waals surface area contributed by atoms with E-state index in [-0.39, 0.29) is 38.4 Å². The van der Waals surface area contributed by atoms with Gasteiger partial charge in [-0.25, -0.2) is 4.18 Å². The van der Waals surface area contributed by atoms with E-state index in [1.54, 1.807) is 0 Å². The van der Waals surface area contributed by atoms with Crippen molar-refractivity contribution in [2.75, 3.05) is 26.4 Å². The molecule has 10 nitrogen and oxygen atoms in total. The van der Waals surface area contributed by atoms with Gasteiger partial charge in [-0.05, 0) is 39.0 Å². The lowest BCUT2D eigenvalue weighted by Gasteiger charge is -2.28. The molecule has 312 valence electrons. The number of ether oxygens (including phenoxy) is 2. The van der Waals surface area contributed by atoms with E-state index in [0.717, 1.165) is 25.7 Å². The van der Waals surface area contributed by atoms with Gasteiger partial charge in [-0.15, -0.1) is 0 Å². The topological polar surface area (TPSA) is 162 Å². The standard InChI is InChI=1S/C39H77NO5.C2H6O4S/c1-3-5-7-9-11-13-15-17-19-21-23-25-27-29-37(42)44-35-32-39(40,31-34-41)33-36-45-38(43)30-28-26-24-22-20-18-16-14-12-10-8-6-4-2;1-2-6-7(3,4)5/h41H,3-36,40H2,1-2H3;2H2,1H3,(H,3,4,5). The van der Waals surface area contributed by atoms with Gasteiger partial charge < -0.3 is 20.3 Å². The average molecular weight is 766 g/mol. The third kappa shape index (κ3) is 43.1. The molecule has 0 radical (unpaired) electrons. The highest BCUT2D eigenvalue weighted by molar-refractivity contribution is 7.80. The van der Waals surface area contributed by atoms with Crippen LogP contribution in [0.15, 0.2) is 0 Å². The first-order valence-electron chi connectivity index (χ1n) is 21.4. The number of hydrogen-bond acceptors (Lipinski definition) is 9. The molecule has 0 spiro atoms. The highest BCUT2D eigenvalue weighted by atomic mass is 32.3. The van der Waals surface area contributed by atoms with Crippen molar-refractivity contribution < 1.29 is 41.3 Å². The Morgan fingerprint density at radius 3 is 1.04 bits per heavy atom. The van der Waals surface area contributed by atoms with Gasteiger partial charge in [-0.3, -0.25) is 14.1 Å². The molecule has 0 aromatic rings. The van der Waals surface area contributed by atoms with E-state index in [4.69, 9.17) is 19.8 Å². The molecule has 0 aliphatic carbocycles. The zero-order valence-corrected chi connectivity index (χ0v) is 34.8. The average Bonchev–Trinajstić information content (AvgIpc) is 3.08. The summed E-state index contributed by atoms with van der Waals surface area (Å²) in [5.41, 5.74) is 5.78. The van der Waals surface area contributed by atoms with Crippen LogP contribution in [0, 0.1) is 0 Å². The lowest BCUT2D eigenvalue weighted by atomic mass is 9.90. The van der Waals surface area contributed by atoms with E-state index in [1.807, 2.05) is 0 Å². The van der Waals surface area contributed by atoms with Gasteiger partial charge in [0.05, 0.1) is 19.8 Å². The molecule has 0 unspecified atom stereocenters. The second kappa shape index (κ2) is 39.4. The van der Waals surface area contributed by atoms with E-state index in [0.29, 0.717) is 32.1 Å². The van der Waals surface area contributed by atoms with Crippen LogP contribution in [0.2, 0.25) is 0 Å². The summed E-state index contributed by atoms with van der Waals surface area (Å²) in [5, 5.41) is 9.50. The molecule has 52 heavy (non-hydrogen) atoms. The summed E-state index contributed by atoms with van der Waals surface area (Å²) >= 11 is 0. The maximum Gasteiger partial charge on any atom is 0.397 e. The van der Waals surface area contributed by atoms with Crippen molar-refractivity contribution in [1.29, 1.82) is 0 Å². The first-order valence-corrected chi connectivity index (χ1v) is 22.7. The predicted molar refractivity (Wildman–Crippen MR) is 214 cm³/mol. The SMILES string of the molecule is CCCCCCCCCCCCCCCC(=O)OCCC(N)(CCO)CCOC(=O)CCCCCCCCCCCCCCC.CCOS(=O)(=O)O. The Labute approximate surface area is 320 Å². The van der Waals surface area contributed by atoms with Gasteiger partial charge in [0.2, 0.25) is 0 Å². The molecule has 0 bridgehead atoms. The molecule has 0 aliphatic rings. The van der Waals surface area contributed by atoms with Gasteiger partial charge in [-0.2, -0.15) is 8.42 Å². The molecule has 0 heterocycles. The van der Waals surface area contributed by atoms with Crippen LogP contribution in [0.5, 0.6) is 0 Å². The van der Waals surface area contributed by atoms with Crippen LogP contribution >= 0.6 is 0 Å². The lowest BCUT2D eigenvalue weighted by Crippen LogP contribution is -2.43. The highest BCUT2D eigenvalue weighted by Crippen LogP contribution is 2.19. The van der Waals surface area contributed by atoms with Gasteiger partial charge in [0, 0.05) is 25.0 Å². The Kier molecular flexibility index (Phi) is 40.1. The minimum atomic E-state index is -4.17. The Balaban J connectivity index is 0. The van der Waals surface area contributed by atoms with E-state index in [2.05, 4.69) is 18.0 Å². The van der Waals surface area contributed by atoms with E-state index < -0.39 is 15.9 Å². The smallest absolute Gasteiger partial charge is 0.397 e. The molecule has 0 aliphatic heterocycles. The molecular formula is C41H83NO9S. The molecule has 0 saturated carbocycles. The predicted octanol–water partition coefficient (Wildman–Crippen LogP) is 10.7.